The molecule has 0 unspecified atom stereocenters. The lowest BCUT2D eigenvalue weighted by atomic mass is 9.84. The van der Waals surface area contributed by atoms with Crippen LogP contribution in [0.5, 0.6) is 0 Å². The Morgan fingerprint density at radius 3 is 2.38 bits per heavy atom. The second-order valence-electron chi connectivity index (χ2n) is 4.61. The molecule has 2 heteroatoms. The Hall–Kier alpha value is -1.38. The Morgan fingerprint density at radius 1 is 1.06 bits per heavy atom. The second-order valence-corrected chi connectivity index (χ2v) is 4.61. The van der Waals surface area contributed by atoms with Gasteiger partial charge >= 0.3 is 0 Å². The maximum Gasteiger partial charge on any atom is 0.115 e. The van der Waals surface area contributed by atoms with Gasteiger partial charge in [0.25, 0.3) is 0 Å². The Bertz CT molecular complexity index is 543. The normalized spacial score (nSPS) is 18.4. The first-order valence-corrected chi connectivity index (χ1v) is 5.63. The summed E-state index contributed by atoms with van der Waals surface area (Å²) in [6, 6.07) is 12.4. The highest BCUT2D eigenvalue weighted by atomic mass is 16.3. The minimum absolute atomic E-state index is 0.653. The van der Waals surface area contributed by atoms with Crippen LogP contribution in [-0.4, -0.2) is 18.2 Å². The molecule has 16 heavy (non-hydrogen) atoms. The molecule has 0 spiro atoms. The number of hydrogen-bond donors (Lipinski definition) is 2. The molecule has 0 amide bonds. The number of β-amino-alcohol motifs (C(OH)–C–C–N with tert-alkyl or cyclic N) is 1. The highest BCUT2D eigenvalue weighted by molar-refractivity contribution is 5.89. The van der Waals surface area contributed by atoms with Gasteiger partial charge in [0.2, 0.25) is 0 Å². The van der Waals surface area contributed by atoms with Crippen molar-refractivity contribution in [3.05, 3.63) is 47.5 Å². The zero-order valence-corrected chi connectivity index (χ0v) is 9.33. The van der Waals surface area contributed by atoms with Crippen LogP contribution in [0.2, 0.25) is 0 Å². The van der Waals surface area contributed by atoms with E-state index in [4.69, 9.17) is 0 Å². The highest BCUT2D eigenvalue weighted by Gasteiger charge is 2.37. The van der Waals surface area contributed by atoms with Gasteiger partial charge in [-0.25, -0.2) is 0 Å². The standard InChI is InChI=1S/C14H15NO/c1-10-6-7-13(14(16)8-15-9-14)12-5-3-2-4-11(10)12/h2-7,15-16H,8-9H2,1H3. The van der Waals surface area contributed by atoms with Gasteiger partial charge in [0, 0.05) is 13.1 Å². The van der Waals surface area contributed by atoms with Gasteiger partial charge in [0.15, 0.2) is 0 Å². The molecule has 1 fully saturated rings. The third-order valence-electron chi connectivity index (χ3n) is 3.48. The van der Waals surface area contributed by atoms with Crippen LogP contribution in [-0.2, 0) is 5.60 Å². The van der Waals surface area contributed by atoms with E-state index >= 15 is 0 Å². The maximum atomic E-state index is 10.4. The third-order valence-corrected chi connectivity index (χ3v) is 3.48. The van der Waals surface area contributed by atoms with Crippen molar-refractivity contribution in [2.45, 2.75) is 12.5 Å². The van der Waals surface area contributed by atoms with Crippen LogP contribution < -0.4 is 5.32 Å². The first-order valence-electron chi connectivity index (χ1n) is 5.63. The molecule has 0 saturated carbocycles. The van der Waals surface area contributed by atoms with Gasteiger partial charge in [-0.15, -0.1) is 0 Å². The van der Waals surface area contributed by atoms with Gasteiger partial charge in [-0.05, 0) is 28.8 Å². The van der Waals surface area contributed by atoms with Crippen LogP contribution in [0.1, 0.15) is 11.1 Å². The number of fused-ring (bicyclic) bond motifs is 1. The van der Waals surface area contributed by atoms with Crippen molar-refractivity contribution in [1.29, 1.82) is 0 Å². The van der Waals surface area contributed by atoms with Crippen molar-refractivity contribution in [2.75, 3.05) is 13.1 Å². The Labute approximate surface area is 94.9 Å². The molecule has 3 rings (SSSR count). The molecule has 2 aromatic carbocycles. The molecule has 0 aromatic heterocycles. The molecular formula is C14H15NO. The van der Waals surface area contributed by atoms with E-state index < -0.39 is 5.60 Å². The Kier molecular flexibility index (Phi) is 2.03. The van der Waals surface area contributed by atoms with Gasteiger partial charge in [-0.3, -0.25) is 0 Å². The number of nitrogens with one attached hydrogen (secondary N) is 1. The average Bonchev–Trinajstić information content (AvgIpc) is 2.27. The lowest BCUT2D eigenvalue weighted by Gasteiger charge is -2.38. The molecule has 1 aliphatic rings. The number of benzene rings is 2. The molecule has 82 valence electrons. The fourth-order valence-corrected chi connectivity index (χ4v) is 2.41. The molecule has 0 aliphatic carbocycles. The first kappa shape index (κ1) is 9.82. The van der Waals surface area contributed by atoms with Crippen LogP contribution in [0.4, 0.5) is 0 Å². The van der Waals surface area contributed by atoms with Gasteiger partial charge in [-0.1, -0.05) is 36.4 Å². The quantitative estimate of drug-likeness (QED) is 0.758. The predicted octanol–water partition coefficient (Wildman–Crippen LogP) is 1.94. The maximum absolute atomic E-state index is 10.4. The molecule has 0 atom stereocenters. The summed E-state index contributed by atoms with van der Waals surface area (Å²) in [5, 5.41) is 15.9. The van der Waals surface area contributed by atoms with Crippen LogP contribution in [0, 0.1) is 6.92 Å². The van der Waals surface area contributed by atoms with Crippen molar-refractivity contribution in [1.82, 2.24) is 5.32 Å². The van der Waals surface area contributed by atoms with Crippen molar-refractivity contribution < 1.29 is 5.11 Å². The lowest BCUT2D eigenvalue weighted by Crippen LogP contribution is -2.56. The third kappa shape index (κ3) is 1.27. The molecule has 2 nitrogen and oxygen atoms in total. The molecule has 2 N–H and O–H groups in total. The minimum atomic E-state index is -0.673. The van der Waals surface area contributed by atoms with Gasteiger partial charge in [-0.2, -0.15) is 0 Å². The van der Waals surface area contributed by atoms with Gasteiger partial charge in [0.05, 0.1) is 0 Å². The average molecular weight is 213 g/mol. The topological polar surface area (TPSA) is 32.3 Å². The number of hydrogen-bond acceptors (Lipinski definition) is 2. The smallest absolute Gasteiger partial charge is 0.115 e. The van der Waals surface area contributed by atoms with Crippen LogP contribution >= 0.6 is 0 Å². The fraction of sp³-hybridized carbons (Fsp3) is 0.286. The van der Waals surface area contributed by atoms with Crippen molar-refractivity contribution >= 4 is 10.8 Å². The molecule has 1 aliphatic heterocycles. The van der Waals surface area contributed by atoms with Crippen molar-refractivity contribution in [3.8, 4) is 0 Å². The fourth-order valence-electron chi connectivity index (χ4n) is 2.41. The lowest BCUT2D eigenvalue weighted by molar-refractivity contribution is -0.0132. The molecule has 0 bridgehead atoms. The van der Waals surface area contributed by atoms with Gasteiger partial charge in [0.1, 0.15) is 5.60 Å². The molecule has 1 heterocycles. The zero-order chi connectivity index (χ0) is 11.2. The zero-order valence-electron chi connectivity index (χ0n) is 9.33. The Balaban J connectivity index is 2.30. The van der Waals surface area contributed by atoms with E-state index in [1.54, 1.807) is 0 Å². The van der Waals surface area contributed by atoms with E-state index in [1.807, 2.05) is 12.1 Å². The van der Waals surface area contributed by atoms with E-state index in [2.05, 4.69) is 36.5 Å². The number of aryl methyl sites for hydroxylation is 1. The van der Waals surface area contributed by atoms with Crippen LogP contribution in [0.3, 0.4) is 0 Å². The Morgan fingerprint density at radius 2 is 1.75 bits per heavy atom. The monoisotopic (exact) mass is 213 g/mol. The van der Waals surface area contributed by atoms with Crippen LogP contribution in [0.15, 0.2) is 36.4 Å². The van der Waals surface area contributed by atoms with Crippen molar-refractivity contribution in [3.63, 3.8) is 0 Å². The SMILES string of the molecule is Cc1ccc(C2(O)CNC2)c2ccccc12. The molecular weight excluding hydrogens is 198 g/mol. The summed E-state index contributed by atoms with van der Waals surface area (Å²) < 4.78 is 0. The van der Waals surface area contributed by atoms with E-state index in [1.165, 1.54) is 16.3 Å². The summed E-state index contributed by atoms with van der Waals surface area (Å²) in [4.78, 5) is 0. The number of aliphatic hydroxyl groups is 1. The van der Waals surface area contributed by atoms with Crippen LogP contribution in [0.25, 0.3) is 10.8 Å². The summed E-state index contributed by atoms with van der Waals surface area (Å²) in [5.74, 6) is 0. The molecule has 1 saturated heterocycles. The van der Waals surface area contributed by atoms with E-state index in [0.29, 0.717) is 13.1 Å². The predicted molar refractivity (Wildman–Crippen MR) is 65.5 cm³/mol. The summed E-state index contributed by atoms with van der Waals surface area (Å²) in [6.45, 7) is 3.41. The molecule has 2 aromatic rings. The van der Waals surface area contributed by atoms with Crippen molar-refractivity contribution in [2.24, 2.45) is 0 Å². The second kappa shape index (κ2) is 3.30. The van der Waals surface area contributed by atoms with E-state index in [-0.39, 0.29) is 0 Å². The molecule has 0 radical (unpaired) electrons. The largest absolute Gasteiger partial charge is 0.382 e. The summed E-state index contributed by atoms with van der Waals surface area (Å²) in [6.07, 6.45) is 0. The summed E-state index contributed by atoms with van der Waals surface area (Å²) in [7, 11) is 0. The van der Waals surface area contributed by atoms with Gasteiger partial charge < -0.3 is 10.4 Å². The summed E-state index contributed by atoms with van der Waals surface area (Å²) in [5.41, 5.74) is 1.63. The van der Waals surface area contributed by atoms with E-state index in [9.17, 15) is 5.11 Å². The number of rotatable bonds is 1. The first-order chi connectivity index (χ1) is 7.71. The minimum Gasteiger partial charge on any atom is -0.382 e. The summed E-state index contributed by atoms with van der Waals surface area (Å²) >= 11 is 0. The highest BCUT2D eigenvalue weighted by Crippen LogP contribution is 2.32. The van der Waals surface area contributed by atoms with E-state index in [0.717, 1.165) is 5.56 Å².